The van der Waals surface area contributed by atoms with Gasteiger partial charge in [-0.1, -0.05) is 36.4 Å². The lowest BCUT2D eigenvalue weighted by molar-refractivity contribution is -0.124. The summed E-state index contributed by atoms with van der Waals surface area (Å²) >= 11 is 0. The van der Waals surface area contributed by atoms with E-state index >= 15 is 0 Å². The Morgan fingerprint density at radius 2 is 2.04 bits per heavy atom. The molecular weight excluding hydrogens is 328 g/mol. The molecule has 3 aromatic rings. The van der Waals surface area contributed by atoms with Crippen molar-refractivity contribution in [3.63, 3.8) is 0 Å². The molecule has 0 fully saturated rings. The van der Waals surface area contributed by atoms with Crippen molar-refractivity contribution in [2.45, 2.75) is 25.5 Å². The molecule has 132 valence electrons. The Morgan fingerprint density at radius 1 is 1.19 bits per heavy atom. The number of carbonyl (C=O) groups excluding carboxylic acids is 1. The van der Waals surface area contributed by atoms with E-state index < -0.39 is 0 Å². The number of amides is 1. The molecule has 1 amide bonds. The molecule has 0 saturated carbocycles. The Labute approximate surface area is 151 Å². The molecule has 0 saturated heterocycles. The van der Waals surface area contributed by atoms with Crippen LogP contribution in [0.5, 0.6) is 0 Å². The highest BCUT2D eigenvalue weighted by molar-refractivity contribution is 5.76. The van der Waals surface area contributed by atoms with Gasteiger partial charge < -0.3 is 10.1 Å². The number of carbonyl (C=O) groups is 1. The second-order valence-electron chi connectivity index (χ2n) is 6.30. The quantitative estimate of drug-likeness (QED) is 0.769. The number of hydrogen-bond donors (Lipinski definition) is 1. The molecule has 0 spiro atoms. The molecule has 0 radical (unpaired) electrons. The zero-order valence-corrected chi connectivity index (χ0v) is 14.3. The topological polar surface area (TPSA) is 69.0 Å². The molecule has 6 nitrogen and oxygen atoms in total. The van der Waals surface area contributed by atoms with E-state index in [1.807, 2.05) is 36.4 Å². The Balaban J connectivity index is 1.33. The van der Waals surface area contributed by atoms with E-state index in [0.29, 0.717) is 19.6 Å². The lowest BCUT2D eigenvalue weighted by atomic mass is 9.95. The molecule has 0 aliphatic carbocycles. The molecule has 1 N–H and O–H groups in total. The fourth-order valence-electron chi connectivity index (χ4n) is 3.20. The van der Waals surface area contributed by atoms with Gasteiger partial charge in [0.05, 0.1) is 24.8 Å². The molecule has 4 rings (SSSR count). The number of rotatable bonds is 5. The summed E-state index contributed by atoms with van der Waals surface area (Å²) in [6.07, 6.45) is 4.24. The summed E-state index contributed by atoms with van der Waals surface area (Å²) in [4.78, 5) is 16.3. The van der Waals surface area contributed by atoms with Gasteiger partial charge in [-0.2, -0.15) is 5.10 Å². The van der Waals surface area contributed by atoms with Gasteiger partial charge in [0.2, 0.25) is 5.91 Å². The minimum absolute atomic E-state index is 0.00736. The van der Waals surface area contributed by atoms with E-state index in [2.05, 4.69) is 27.5 Å². The summed E-state index contributed by atoms with van der Waals surface area (Å²) in [5.74, 6) is -0.00736. The first-order chi connectivity index (χ1) is 12.8. The maximum atomic E-state index is 12.3. The predicted octanol–water partition coefficient (Wildman–Crippen LogP) is 2.59. The Hall–Kier alpha value is -2.99. The summed E-state index contributed by atoms with van der Waals surface area (Å²) in [5.41, 5.74) is 4.38. The lowest BCUT2D eigenvalue weighted by Gasteiger charge is -2.25. The third-order valence-electron chi connectivity index (χ3n) is 4.57. The number of nitrogens with one attached hydrogen (secondary N) is 1. The van der Waals surface area contributed by atoms with Crippen LogP contribution in [0.3, 0.4) is 0 Å². The highest BCUT2D eigenvalue weighted by Gasteiger charge is 2.22. The molecule has 2 heterocycles. The summed E-state index contributed by atoms with van der Waals surface area (Å²) in [5, 5.41) is 7.07. The molecule has 1 aromatic heterocycles. The van der Waals surface area contributed by atoms with Gasteiger partial charge in [-0.05, 0) is 35.2 Å². The van der Waals surface area contributed by atoms with Gasteiger partial charge in [0, 0.05) is 6.54 Å². The van der Waals surface area contributed by atoms with Gasteiger partial charge in [0.25, 0.3) is 0 Å². The molecule has 0 bridgehead atoms. The third-order valence-corrected chi connectivity index (χ3v) is 4.57. The number of hydrogen-bond acceptors (Lipinski definition) is 4. The Bertz CT molecular complexity index is 875. The number of nitrogens with zero attached hydrogens (tertiary/aromatic N) is 3. The van der Waals surface area contributed by atoms with Crippen molar-refractivity contribution in [3.8, 4) is 5.69 Å². The van der Waals surface area contributed by atoms with Gasteiger partial charge >= 0.3 is 0 Å². The number of fused-ring (bicyclic) bond motifs is 1. The van der Waals surface area contributed by atoms with Crippen LogP contribution in [0.25, 0.3) is 5.69 Å². The first-order valence-electron chi connectivity index (χ1n) is 8.69. The molecule has 0 unspecified atom stereocenters. The highest BCUT2D eigenvalue weighted by atomic mass is 16.5. The Kier molecular flexibility index (Phi) is 4.75. The zero-order chi connectivity index (χ0) is 17.8. The summed E-state index contributed by atoms with van der Waals surface area (Å²) in [6.45, 7) is 1.16. The van der Waals surface area contributed by atoms with E-state index in [4.69, 9.17) is 4.74 Å². The summed E-state index contributed by atoms with van der Waals surface area (Å²) < 4.78 is 7.50. The maximum absolute atomic E-state index is 12.3. The maximum Gasteiger partial charge on any atom is 0.223 e. The number of benzene rings is 2. The standard InChI is InChI=1S/C20H20N4O2/c25-20(11-19-18-4-2-1-3-16(18)9-10-26-19)22-12-15-5-7-17(8-6-15)24-14-21-13-23-24/h1-8,13-14,19H,9-12H2,(H,22,25)/t19-/m0/s1. The minimum Gasteiger partial charge on any atom is -0.373 e. The van der Waals surface area contributed by atoms with Gasteiger partial charge in [-0.15, -0.1) is 0 Å². The van der Waals surface area contributed by atoms with E-state index in [-0.39, 0.29) is 12.0 Å². The second-order valence-corrected chi connectivity index (χ2v) is 6.30. The summed E-state index contributed by atoms with van der Waals surface area (Å²) in [7, 11) is 0. The van der Waals surface area contributed by atoms with Gasteiger partial charge in [0.1, 0.15) is 12.7 Å². The first kappa shape index (κ1) is 16.5. The van der Waals surface area contributed by atoms with Crippen LogP contribution in [0.4, 0.5) is 0 Å². The molecule has 1 atom stereocenters. The van der Waals surface area contributed by atoms with E-state index in [0.717, 1.165) is 23.2 Å². The highest BCUT2D eigenvalue weighted by Crippen LogP contribution is 2.29. The van der Waals surface area contributed by atoms with Crippen molar-refractivity contribution in [2.24, 2.45) is 0 Å². The zero-order valence-electron chi connectivity index (χ0n) is 14.3. The number of ether oxygens (including phenoxy) is 1. The van der Waals surface area contributed by atoms with E-state index in [1.165, 1.54) is 11.9 Å². The molecule has 2 aromatic carbocycles. The minimum atomic E-state index is -0.158. The van der Waals surface area contributed by atoms with Gasteiger partial charge in [0.15, 0.2) is 0 Å². The Morgan fingerprint density at radius 3 is 2.85 bits per heavy atom. The van der Waals surface area contributed by atoms with Gasteiger partial charge in [-0.3, -0.25) is 4.79 Å². The monoisotopic (exact) mass is 348 g/mol. The SMILES string of the molecule is O=C(C[C@@H]1OCCc2ccccc21)NCc1ccc(-n2cncn2)cc1. The van der Waals surface area contributed by atoms with Crippen LogP contribution in [0.15, 0.2) is 61.2 Å². The smallest absolute Gasteiger partial charge is 0.223 e. The average Bonchev–Trinajstić information content (AvgIpc) is 3.22. The second kappa shape index (κ2) is 7.49. The predicted molar refractivity (Wildman–Crippen MR) is 96.7 cm³/mol. The molecule has 1 aliphatic rings. The molecule has 6 heteroatoms. The molecule has 1 aliphatic heterocycles. The third kappa shape index (κ3) is 3.65. The van der Waals surface area contributed by atoms with Crippen molar-refractivity contribution in [3.05, 3.63) is 77.9 Å². The summed E-state index contributed by atoms with van der Waals surface area (Å²) in [6, 6.07) is 16.1. The normalized spacial score (nSPS) is 16.1. The lowest BCUT2D eigenvalue weighted by Crippen LogP contribution is -2.27. The van der Waals surface area contributed by atoms with E-state index in [9.17, 15) is 4.79 Å². The van der Waals surface area contributed by atoms with Gasteiger partial charge in [-0.25, -0.2) is 9.67 Å². The van der Waals surface area contributed by atoms with Crippen LogP contribution >= 0.6 is 0 Å². The van der Waals surface area contributed by atoms with Crippen LogP contribution in [0.2, 0.25) is 0 Å². The average molecular weight is 348 g/mol. The van der Waals surface area contributed by atoms with Crippen molar-refractivity contribution >= 4 is 5.91 Å². The molecule has 26 heavy (non-hydrogen) atoms. The van der Waals surface area contributed by atoms with Crippen LogP contribution in [-0.4, -0.2) is 27.3 Å². The van der Waals surface area contributed by atoms with Crippen LogP contribution in [-0.2, 0) is 22.5 Å². The van der Waals surface area contributed by atoms with Crippen molar-refractivity contribution < 1.29 is 9.53 Å². The van der Waals surface area contributed by atoms with Crippen LogP contribution < -0.4 is 5.32 Å². The largest absolute Gasteiger partial charge is 0.373 e. The van der Waals surface area contributed by atoms with E-state index in [1.54, 1.807) is 11.0 Å². The van der Waals surface area contributed by atoms with Crippen molar-refractivity contribution in [1.29, 1.82) is 0 Å². The van der Waals surface area contributed by atoms with Crippen LogP contribution in [0.1, 0.15) is 29.2 Å². The fourth-order valence-corrected chi connectivity index (χ4v) is 3.20. The van der Waals surface area contributed by atoms with Crippen LogP contribution in [0, 0.1) is 0 Å². The fraction of sp³-hybridized carbons (Fsp3) is 0.250. The van der Waals surface area contributed by atoms with Crippen molar-refractivity contribution in [2.75, 3.05) is 6.61 Å². The first-order valence-corrected chi connectivity index (χ1v) is 8.69. The number of aromatic nitrogens is 3. The van der Waals surface area contributed by atoms with Crippen molar-refractivity contribution in [1.82, 2.24) is 20.1 Å². The molecular formula is C20H20N4O2.